The van der Waals surface area contributed by atoms with Crippen LogP contribution in [0.5, 0.6) is 11.8 Å². The van der Waals surface area contributed by atoms with Crippen molar-refractivity contribution < 1.29 is 9.47 Å². The second-order valence-corrected chi connectivity index (χ2v) is 10.3. The van der Waals surface area contributed by atoms with Crippen LogP contribution >= 0.6 is 11.6 Å². The predicted octanol–water partition coefficient (Wildman–Crippen LogP) is 2.82. The first-order chi connectivity index (χ1) is 17.5. The average molecular weight is 512 g/mol. The minimum absolute atomic E-state index is 0.124. The number of likely N-dealkylation sites (N-methyl/N-ethyl adjacent to an activating group) is 1. The number of nitrogens with zero attached hydrogens (tertiary/aromatic N) is 6. The summed E-state index contributed by atoms with van der Waals surface area (Å²) in [4.78, 5) is 16.7. The molecule has 5 rings (SSSR count). The Balaban J connectivity index is 1.39. The number of ether oxygens (including phenoxy) is 2. The van der Waals surface area contributed by atoms with Crippen LogP contribution in [0.4, 0.5) is 5.82 Å². The number of fused-ring (bicyclic) bond motifs is 1. The first-order valence-electron chi connectivity index (χ1n) is 12.7. The second-order valence-electron chi connectivity index (χ2n) is 9.90. The van der Waals surface area contributed by atoms with Gasteiger partial charge in [-0.2, -0.15) is 15.2 Å². The maximum absolute atomic E-state index is 9.22. The van der Waals surface area contributed by atoms with Crippen LogP contribution in [-0.4, -0.2) is 78.8 Å². The van der Waals surface area contributed by atoms with Crippen molar-refractivity contribution in [2.45, 2.75) is 51.0 Å². The lowest BCUT2D eigenvalue weighted by atomic mass is 10.1. The molecule has 9 nitrogen and oxygen atoms in total. The van der Waals surface area contributed by atoms with Crippen LogP contribution < -0.4 is 19.7 Å². The molecule has 4 heterocycles. The van der Waals surface area contributed by atoms with E-state index in [1.54, 1.807) is 7.11 Å². The van der Waals surface area contributed by atoms with Gasteiger partial charge in [0, 0.05) is 61.9 Å². The number of nitrogens with one attached hydrogen (secondary N) is 1. The Labute approximate surface area is 218 Å². The lowest BCUT2D eigenvalue weighted by Gasteiger charge is -2.34. The summed E-state index contributed by atoms with van der Waals surface area (Å²) in [6, 6.07) is 9.02. The molecule has 10 heteroatoms. The molecule has 1 aromatic heterocycles. The third-order valence-electron chi connectivity index (χ3n) is 7.42. The second kappa shape index (κ2) is 11.2. The molecule has 0 amide bonds. The van der Waals surface area contributed by atoms with E-state index in [2.05, 4.69) is 33.1 Å². The first-order valence-corrected chi connectivity index (χ1v) is 13.0. The summed E-state index contributed by atoms with van der Waals surface area (Å²) in [6.45, 7) is 6.21. The first kappa shape index (κ1) is 25.0. The molecule has 2 aromatic rings. The monoisotopic (exact) mass is 511 g/mol. The van der Waals surface area contributed by atoms with Gasteiger partial charge in [-0.1, -0.05) is 11.6 Å². The Bertz CT molecular complexity index is 1120. The molecule has 192 valence electrons. The third-order valence-corrected chi connectivity index (χ3v) is 7.79. The quantitative estimate of drug-likeness (QED) is 0.574. The van der Waals surface area contributed by atoms with E-state index in [1.165, 1.54) is 6.42 Å². The number of nitriles is 1. The van der Waals surface area contributed by atoms with Crippen LogP contribution in [0, 0.1) is 11.3 Å². The van der Waals surface area contributed by atoms with E-state index in [0.29, 0.717) is 38.2 Å². The lowest BCUT2D eigenvalue weighted by Crippen LogP contribution is -2.51. The molecule has 0 saturated carbocycles. The Morgan fingerprint density at radius 3 is 2.92 bits per heavy atom. The van der Waals surface area contributed by atoms with Gasteiger partial charge in [-0.05, 0) is 50.2 Å². The molecule has 2 saturated heterocycles. The number of methoxy groups -OCH3 is 1. The molecule has 2 atom stereocenters. The molecule has 0 spiro atoms. The molecule has 1 aromatic carbocycles. The van der Waals surface area contributed by atoms with E-state index in [4.69, 9.17) is 31.0 Å². The van der Waals surface area contributed by atoms with Crippen LogP contribution in [0.15, 0.2) is 18.2 Å². The Hall–Kier alpha value is -2.64. The molecule has 3 aliphatic heterocycles. The lowest BCUT2D eigenvalue weighted by molar-refractivity contribution is 0.187. The highest BCUT2D eigenvalue weighted by molar-refractivity contribution is 6.31. The normalized spacial score (nSPS) is 22.4. The summed E-state index contributed by atoms with van der Waals surface area (Å²) in [7, 11) is 3.81. The highest BCUT2D eigenvalue weighted by Crippen LogP contribution is 2.34. The van der Waals surface area contributed by atoms with Gasteiger partial charge in [-0.15, -0.1) is 0 Å². The van der Waals surface area contributed by atoms with Crippen LogP contribution in [-0.2, 0) is 19.6 Å². The SMILES string of the molecule is COc1ccc(Cl)c(CN2Cc3nc(OCC4CCCN4C)nc(N4CCNC(CC#N)C4)c3C2)c1. The van der Waals surface area contributed by atoms with E-state index >= 15 is 0 Å². The van der Waals surface area contributed by atoms with Gasteiger partial charge in [0.25, 0.3) is 0 Å². The minimum atomic E-state index is 0.124. The summed E-state index contributed by atoms with van der Waals surface area (Å²) in [5.74, 6) is 1.72. The molecular formula is C26H34ClN7O2. The largest absolute Gasteiger partial charge is 0.497 e. The zero-order valence-electron chi connectivity index (χ0n) is 21.0. The summed E-state index contributed by atoms with van der Waals surface area (Å²) in [5.41, 5.74) is 3.16. The van der Waals surface area contributed by atoms with E-state index in [1.807, 2.05) is 18.2 Å². The summed E-state index contributed by atoms with van der Waals surface area (Å²) in [5, 5.41) is 13.4. The smallest absolute Gasteiger partial charge is 0.318 e. The average Bonchev–Trinajstić information content (AvgIpc) is 3.49. The third kappa shape index (κ3) is 5.52. The van der Waals surface area contributed by atoms with Crippen LogP contribution in [0.2, 0.25) is 5.02 Å². The zero-order chi connectivity index (χ0) is 25.1. The van der Waals surface area contributed by atoms with Crippen LogP contribution in [0.25, 0.3) is 0 Å². The van der Waals surface area contributed by atoms with Gasteiger partial charge in [-0.3, -0.25) is 4.90 Å². The fraction of sp³-hybridized carbons (Fsp3) is 0.577. The number of aromatic nitrogens is 2. The van der Waals surface area contributed by atoms with Gasteiger partial charge >= 0.3 is 6.01 Å². The number of anilines is 1. The molecule has 1 N–H and O–H groups in total. The number of benzene rings is 1. The Morgan fingerprint density at radius 1 is 1.25 bits per heavy atom. The van der Waals surface area contributed by atoms with Gasteiger partial charge in [-0.25, -0.2) is 0 Å². The fourth-order valence-corrected chi connectivity index (χ4v) is 5.56. The molecule has 0 aliphatic carbocycles. The Morgan fingerprint density at radius 2 is 2.14 bits per heavy atom. The van der Waals surface area contributed by atoms with Gasteiger partial charge in [0.15, 0.2) is 0 Å². The number of hydrogen-bond acceptors (Lipinski definition) is 9. The van der Waals surface area contributed by atoms with Crippen molar-refractivity contribution in [2.24, 2.45) is 0 Å². The molecule has 36 heavy (non-hydrogen) atoms. The fourth-order valence-electron chi connectivity index (χ4n) is 5.38. The highest BCUT2D eigenvalue weighted by Gasteiger charge is 2.31. The summed E-state index contributed by atoms with van der Waals surface area (Å²) in [6.07, 6.45) is 2.81. The van der Waals surface area contributed by atoms with Gasteiger partial charge in [0.2, 0.25) is 0 Å². The Kier molecular flexibility index (Phi) is 7.77. The number of halogens is 1. The zero-order valence-corrected chi connectivity index (χ0v) is 21.8. The van der Waals surface area contributed by atoms with Crippen molar-refractivity contribution in [1.82, 2.24) is 25.1 Å². The standard InChI is InChI=1S/C26H34ClN7O2/c1-32-10-3-4-20(32)17-36-26-30-24-16-33(13-18-12-21(35-2)5-6-23(18)27)15-22(24)25(31-26)34-11-9-29-19(14-34)7-8-28/h5-6,12,19-20,29H,3-4,7,9-11,13-17H2,1-2H3. The van der Waals surface area contributed by atoms with Gasteiger partial charge < -0.3 is 24.6 Å². The van der Waals surface area contributed by atoms with Crippen molar-refractivity contribution in [1.29, 1.82) is 5.26 Å². The minimum Gasteiger partial charge on any atom is -0.497 e. The molecule has 3 aliphatic rings. The topological polar surface area (TPSA) is 89.8 Å². The van der Waals surface area contributed by atoms with Crippen molar-refractivity contribution in [3.8, 4) is 17.8 Å². The number of hydrogen-bond donors (Lipinski definition) is 1. The van der Waals surface area contributed by atoms with Crippen molar-refractivity contribution >= 4 is 17.4 Å². The molecular weight excluding hydrogens is 478 g/mol. The van der Waals surface area contributed by atoms with Gasteiger partial charge in [0.05, 0.1) is 25.3 Å². The molecule has 2 unspecified atom stereocenters. The van der Waals surface area contributed by atoms with E-state index in [-0.39, 0.29) is 6.04 Å². The predicted molar refractivity (Wildman–Crippen MR) is 138 cm³/mol. The molecule has 0 bridgehead atoms. The summed E-state index contributed by atoms with van der Waals surface area (Å²) < 4.78 is 11.6. The van der Waals surface area contributed by atoms with E-state index < -0.39 is 0 Å². The highest BCUT2D eigenvalue weighted by atomic mass is 35.5. The molecule has 2 fully saturated rings. The number of rotatable bonds is 8. The maximum atomic E-state index is 9.22. The summed E-state index contributed by atoms with van der Waals surface area (Å²) >= 11 is 6.51. The van der Waals surface area contributed by atoms with E-state index in [0.717, 1.165) is 72.6 Å². The number of likely N-dealkylation sites (tertiary alicyclic amines) is 1. The van der Waals surface area contributed by atoms with Gasteiger partial charge in [0.1, 0.15) is 18.2 Å². The maximum Gasteiger partial charge on any atom is 0.318 e. The van der Waals surface area contributed by atoms with Crippen molar-refractivity contribution in [3.05, 3.63) is 40.0 Å². The van der Waals surface area contributed by atoms with E-state index in [9.17, 15) is 5.26 Å². The molecule has 0 radical (unpaired) electrons. The number of piperazine rings is 1. The van der Waals surface area contributed by atoms with Crippen molar-refractivity contribution in [3.63, 3.8) is 0 Å². The van der Waals surface area contributed by atoms with Crippen molar-refractivity contribution in [2.75, 3.05) is 51.8 Å². The van der Waals surface area contributed by atoms with Crippen LogP contribution in [0.1, 0.15) is 36.1 Å². The van der Waals surface area contributed by atoms with Crippen LogP contribution in [0.3, 0.4) is 0 Å².